The van der Waals surface area contributed by atoms with Gasteiger partial charge in [0, 0.05) is 6.07 Å². The van der Waals surface area contributed by atoms with Gasteiger partial charge < -0.3 is 5.21 Å². The third kappa shape index (κ3) is 0.993. The van der Waals surface area contributed by atoms with E-state index in [-0.39, 0.29) is 0 Å². The third-order valence-corrected chi connectivity index (χ3v) is 1.72. The van der Waals surface area contributed by atoms with Crippen molar-refractivity contribution in [3.05, 3.63) is 41.4 Å². The van der Waals surface area contributed by atoms with E-state index in [0.29, 0.717) is 5.52 Å². The number of aryl methyl sites for hydroxylation is 1. The number of aromatic nitrogens is 2. The van der Waals surface area contributed by atoms with E-state index < -0.39 is 0 Å². The van der Waals surface area contributed by atoms with Crippen molar-refractivity contribution in [1.82, 2.24) is 4.98 Å². The second kappa shape index (κ2) is 2.44. The number of para-hydroxylation sites is 2. The number of nitrogens with zero attached hydrogens (tertiary/aromatic N) is 2. The topological polar surface area (TPSA) is 39.8 Å². The molecule has 2 aromatic rings. The zero-order valence-electron chi connectivity index (χ0n) is 6.69. The molecule has 0 spiro atoms. The highest BCUT2D eigenvalue weighted by Gasteiger charge is 2.03. The van der Waals surface area contributed by atoms with Crippen LogP contribution in [-0.2, 0) is 0 Å². The molecule has 0 radical (unpaired) electrons. The predicted molar refractivity (Wildman–Crippen MR) is 45.4 cm³/mol. The molecule has 0 saturated carbocycles. The predicted octanol–water partition coefficient (Wildman–Crippen LogP) is 1.18. The molecule has 1 heterocycles. The van der Waals surface area contributed by atoms with E-state index in [9.17, 15) is 5.21 Å². The zero-order chi connectivity index (χ0) is 8.55. The molecule has 0 N–H and O–H groups in total. The second-order valence-corrected chi connectivity index (χ2v) is 2.70. The summed E-state index contributed by atoms with van der Waals surface area (Å²) in [4.78, 5) is 4.22. The maximum absolute atomic E-state index is 11.3. The lowest BCUT2D eigenvalue weighted by atomic mass is 10.3. The second-order valence-electron chi connectivity index (χ2n) is 2.70. The van der Waals surface area contributed by atoms with Gasteiger partial charge >= 0.3 is 0 Å². The Morgan fingerprint density at radius 2 is 2.08 bits per heavy atom. The van der Waals surface area contributed by atoms with Gasteiger partial charge in [-0.2, -0.15) is 4.73 Å². The molecule has 0 aliphatic carbocycles. The number of hydrogen-bond donors (Lipinski definition) is 0. The Morgan fingerprint density at radius 1 is 1.33 bits per heavy atom. The first-order valence-electron chi connectivity index (χ1n) is 3.73. The van der Waals surface area contributed by atoms with Crippen molar-refractivity contribution in [1.29, 1.82) is 0 Å². The van der Waals surface area contributed by atoms with Crippen molar-refractivity contribution < 1.29 is 4.73 Å². The van der Waals surface area contributed by atoms with E-state index in [1.165, 1.54) is 6.20 Å². The van der Waals surface area contributed by atoms with Gasteiger partial charge in [-0.3, -0.25) is 0 Å². The molecule has 0 saturated heterocycles. The highest BCUT2D eigenvalue weighted by molar-refractivity contribution is 5.70. The van der Waals surface area contributed by atoms with Gasteiger partial charge in [-0.1, -0.05) is 12.1 Å². The summed E-state index contributed by atoms with van der Waals surface area (Å²) in [5, 5.41) is 11.3. The summed E-state index contributed by atoms with van der Waals surface area (Å²) < 4.78 is 0.845. The third-order valence-electron chi connectivity index (χ3n) is 1.72. The molecular formula is C9H8N2O. The maximum Gasteiger partial charge on any atom is 0.242 e. The van der Waals surface area contributed by atoms with Crippen LogP contribution in [0.4, 0.5) is 0 Å². The van der Waals surface area contributed by atoms with E-state index in [1.807, 2.05) is 18.2 Å². The molecule has 0 unspecified atom stereocenters. The van der Waals surface area contributed by atoms with Crippen LogP contribution in [0.2, 0.25) is 0 Å². The van der Waals surface area contributed by atoms with Crippen LogP contribution in [0.15, 0.2) is 30.5 Å². The molecule has 3 heteroatoms. The standard InChI is InChI=1S/C9H8N2O/c1-7-6-11(12)9-5-3-2-4-8(9)10-7/h2-6H,1H3. The molecular weight excluding hydrogens is 152 g/mol. The Bertz CT molecular complexity index is 426. The highest BCUT2D eigenvalue weighted by atomic mass is 16.5. The van der Waals surface area contributed by atoms with Gasteiger partial charge in [0.2, 0.25) is 11.7 Å². The molecule has 1 aromatic heterocycles. The molecule has 0 fully saturated rings. The summed E-state index contributed by atoms with van der Waals surface area (Å²) in [6, 6.07) is 7.29. The summed E-state index contributed by atoms with van der Waals surface area (Å²) in [7, 11) is 0. The first-order valence-corrected chi connectivity index (χ1v) is 3.73. The van der Waals surface area contributed by atoms with Crippen LogP contribution in [0.5, 0.6) is 0 Å². The van der Waals surface area contributed by atoms with Crippen LogP contribution in [0.25, 0.3) is 11.0 Å². The van der Waals surface area contributed by atoms with Crippen LogP contribution < -0.4 is 4.73 Å². The first-order chi connectivity index (χ1) is 5.77. The lowest BCUT2D eigenvalue weighted by Crippen LogP contribution is -2.27. The molecule has 1 aromatic carbocycles. The fraction of sp³-hybridized carbons (Fsp3) is 0.111. The summed E-state index contributed by atoms with van der Waals surface area (Å²) in [5.74, 6) is 0. The van der Waals surface area contributed by atoms with Gasteiger partial charge in [0.25, 0.3) is 0 Å². The average Bonchev–Trinajstić information content (AvgIpc) is 2.04. The molecule has 60 valence electrons. The van der Waals surface area contributed by atoms with Crippen molar-refractivity contribution in [2.24, 2.45) is 0 Å². The van der Waals surface area contributed by atoms with Gasteiger partial charge in [0.1, 0.15) is 11.2 Å². The van der Waals surface area contributed by atoms with Gasteiger partial charge in [-0.15, -0.1) is 0 Å². The van der Waals surface area contributed by atoms with Crippen molar-refractivity contribution in [2.45, 2.75) is 6.92 Å². The monoisotopic (exact) mass is 160 g/mol. The van der Waals surface area contributed by atoms with Crippen molar-refractivity contribution in [3.63, 3.8) is 0 Å². The van der Waals surface area contributed by atoms with Gasteiger partial charge in [-0.25, -0.2) is 4.98 Å². The number of fused-ring (bicyclic) bond motifs is 1. The van der Waals surface area contributed by atoms with E-state index >= 15 is 0 Å². The minimum absolute atomic E-state index is 0.614. The molecule has 0 amide bonds. The molecule has 12 heavy (non-hydrogen) atoms. The molecule has 0 aliphatic rings. The minimum atomic E-state index is 0.614. The van der Waals surface area contributed by atoms with E-state index in [0.717, 1.165) is 15.9 Å². The SMILES string of the molecule is Cc1c[n+]([O-])c2ccccc2n1. The fourth-order valence-electron chi connectivity index (χ4n) is 1.20. The Morgan fingerprint density at radius 3 is 2.92 bits per heavy atom. The molecule has 0 bridgehead atoms. The highest BCUT2D eigenvalue weighted by Crippen LogP contribution is 2.05. The summed E-state index contributed by atoms with van der Waals surface area (Å²) in [5.41, 5.74) is 2.10. The fourth-order valence-corrected chi connectivity index (χ4v) is 1.20. The summed E-state index contributed by atoms with van der Waals surface area (Å²) in [6.07, 6.45) is 1.47. The van der Waals surface area contributed by atoms with Gasteiger partial charge in [0.15, 0.2) is 0 Å². The van der Waals surface area contributed by atoms with Crippen LogP contribution in [0.1, 0.15) is 5.69 Å². The number of hydrogen-bond acceptors (Lipinski definition) is 2. The van der Waals surface area contributed by atoms with E-state index in [2.05, 4.69) is 4.98 Å². The Labute approximate surface area is 69.9 Å². The minimum Gasteiger partial charge on any atom is -0.618 e. The van der Waals surface area contributed by atoms with Crippen LogP contribution >= 0.6 is 0 Å². The Balaban J connectivity index is 2.89. The lowest BCUT2D eigenvalue weighted by molar-refractivity contribution is -0.577. The van der Waals surface area contributed by atoms with Crippen LogP contribution in [0, 0.1) is 12.1 Å². The van der Waals surface area contributed by atoms with Crippen LogP contribution in [0.3, 0.4) is 0 Å². The number of rotatable bonds is 0. The summed E-state index contributed by atoms with van der Waals surface area (Å²) in [6.45, 7) is 1.81. The molecule has 3 nitrogen and oxygen atoms in total. The van der Waals surface area contributed by atoms with E-state index in [1.54, 1.807) is 13.0 Å². The maximum atomic E-state index is 11.3. The van der Waals surface area contributed by atoms with Crippen molar-refractivity contribution in [2.75, 3.05) is 0 Å². The zero-order valence-corrected chi connectivity index (χ0v) is 6.69. The average molecular weight is 160 g/mol. The first kappa shape index (κ1) is 7.03. The van der Waals surface area contributed by atoms with Crippen LogP contribution in [-0.4, -0.2) is 4.98 Å². The Kier molecular flexibility index (Phi) is 1.43. The van der Waals surface area contributed by atoms with Crippen molar-refractivity contribution >= 4 is 11.0 Å². The normalized spacial score (nSPS) is 10.4. The quantitative estimate of drug-likeness (QED) is 0.428. The van der Waals surface area contributed by atoms with E-state index in [4.69, 9.17) is 0 Å². The largest absolute Gasteiger partial charge is 0.618 e. The smallest absolute Gasteiger partial charge is 0.242 e. The molecule has 2 rings (SSSR count). The van der Waals surface area contributed by atoms with Gasteiger partial charge in [0.05, 0.1) is 0 Å². The lowest BCUT2D eigenvalue weighted by Gasteiger charge is -2.00. The Hall–Kier alpha value is -1.64. The van der Waals surface area contributed by atoms with Gasteiger partial charge in [-0.05, 0) is 13.0 Å². The molecule has 0 atom stereocenters. The molecule has 0 aliphatic heterocycles. The van der Waals surface area contributed by atoms with Crippen molar-refractivity contribution in [3.8, 4) is 0 Å². The summed E-state index contributed by atoms with van der Waals surface area (Å²) >= 11 is 0. The number of benzene rings is 1.